The molecule has 2 rings (SSSR count). The lowest BCUT2D eigenvalue weighted by Gasteiger charge is -2.09. The van der Waals surface area contributed by atoms with E-state index in [4.69, 9.17) is 0 Å². The van der Waals surface area contributed by atoms with Crippen LogP contribution < -0.4 is 5.32 Å². The zero-order chi connectivity index (χ0) is 14.4. The highest BCUT2D eigenvalue weighted by molar-refractivity contribution is 9.10. The predicted octanol–water partition coefficient (Wildman–Crippen LogP) is 4.09. The highest BCUT2D eigenvalue weighted by atomic mass is 79.9. The summed E-state index contributed by atoms with van der Waals surface area (Å²) in [6, 6.07) is 8.31. The molecule has 20 heavy (non-hydrogen) atoms. The summed E-state index contributed by atoms with van der Waals surface area (Å²) in [5, 5.41) is 8.04. The molecular formula is C16H22BrN3. The van der Waals surface area contributed by atoms with Crippen LogP contribution in [-0.2, 0) is 13.0 Å². The Bertz CT molecular complexity index is 531. The summed E-state index contributed by atoms with van der Waals surface area (Å²) in [4.78, 5) is 0. The van der Waals surface area contributed by atoms with Gasteiger partial charge in [0.15, 0.2) is 0 Å². The third-order valence-electron chi connectivity index (χ3n) is 3.26. The number of hydrogen-bond donors (Lipinski definition) is 1. The van der Waals surface area contributed by atoms with Gasteiger partial charge < -0.3 is 5.32 Å². The summed E-state index contributed by atoms with van der Waals surface area (Å²) in [7, 11) is 0. The van der Waals surface area contributed by atoms with Crippen molar-refractivity contribution in [3.8, 4) is 5.69 Å². The smallest absolute Gasteiger partial charge is 0.0649 e. The third-order valence-corrected chi connectivity index (χ3v) is 3.78. The van der Waals surface area contributed by atoms with Crippen molar-refractivity contribution in [3.05, 3.63) is 46.2 Å². The molecule has 1 N–H and O–H groups in total. The molecule has 0 amide bonds. The van der Waals surface area contributed by atoms with Crippen LogP contribution in [0, 0.1) is 0 Å². The molecule has 0 radical (unpaired) electrons. The second-order valence-corrected chi connectivity index (χ2v) is 5.85. The molecule has 2 aromatic rings. The van der Waals surface area contributed by atoms with Crippen molar-refractivity contribution in [1.82, 2.24) is 15.1 Å². The number of nitrogens with one attached hydrogen (secondary N) is 1. The van der Waals surface area contributed by atoms with E-state index in [1.54, 1.807) is 0 Å². The molecule has 0 bridgehead atoms. The van der Waals surface area contributed by atoms with Gasteiger partial charge in [-0.25, -0.2) is 4.68 Å². The van der Waals surface area contributed by atoms with Gasteiger partial charge in [-0.3, -0.25) is 0 Å². The predicted molar refractivity (Wildman–Crippen MR) is 87.3 cm³/mol. The molecule has 0 spiro atoms. The minimum Gasteiger partial charge on any atom is -0.313 e. The molecule has 0 atom stereocenters. The molecule has 0 saturated heterocycles. The van der Waals surface area contributed by atoms with Crippen molar-refractivity contribution in [2.24, 2.45) is 0 Å². The molecule has 1 heterocycles. The fourth-order valence-corrected chi connectivity index (χ4v) is 2.53. The number of hydrogen-bond acceptors (Lipinski definition) is 2. The summed E-state index contributed by atoms with van der Waals surface area (Å²) in [5.41, 5.74) is 3.75. The van der Waals surface area contributed by atoms with Crippen LogP contribution in [0.4, 0.5) is 0 Å². The van der Waals surface area contributed by atoms with E-state index in [-0.39, 0.29) is 0 Å². The van der Waals surface area contributed by atoms with E-state index in [0.29, 0.717) is 0 Å². The molecule has 4 heteroatoms. The Labute approximate surface area is 129 Å². The van der Waals surface area contributed by atoms with Crippen LogP contribution in [0.3, 0.4) is 0 Å². The third kappa shape index (κ3) is 3.70. The highest BCUT2D eigenvalue weighted by Crippen LogP contribution is 2.19. The Morgan fingerprint density at radius 2 is 1.90 bits per heavy atom. The van der Waals surface area contributed by atoms with Gasteiger partial charge in [0.1, 0.15) is 0 Å². The van der Waals surface area contributed by atoms with Crippen molar-refractivity contribution >= 4 is 15.9 Å². The second-order valence-electron chi connectivity index (χ2n) is 4.93. The zero-order valence-electron chi connectivity index (χ0n) is 12.2. The van der Waals surface area contributed by atoms with E-state index in [1.165, 1.54) is 11.3 Å². The number of nitrogens with zero attached hydrogens (tertiary/aromatic N) is 2. The average Bonchev–Trinajstić information content (AvgIpc) is 2.84. The van der Waals surface area contributed by atoms with Gasteiger partial charge in [-0.1, -0.05) is 36.2 Å². The Balaban J connectivity index is 2.25. The summed E-state index contributed by atoms with van der Waals surface area (Å²) in [6.45, 7) is 6.35. The van der Waals surface area contributed by atoms with Gasteiger partial charge in [0.2, 0.25) is 0 Å². The fourth-order valence-electron chi connectivity index (χ4n) is 2.26. The minimum atomic E-state index is 0.902. The molecule has 0 aliphatic carbocycles. The van der Waals surface area contributed by atoms with Crippen LogP contribution in [0.15, 0.2) is 34.9 Å². The topological polar surface area (TPSA) is 29.9 Å². The van der Waals surface area contributed by atoms with Crippen molar-refractivity contribution in [2.45, 2.75) is 39.7 Å². The van der Waals surface area contributed by atoms with Gasteiger partial charge >= 0.3 is 0 Å². The van der Waals surface area contributed by atoms with Crippen LogP contribution in [0.1, 0.15) is 37.9 Å². The van der Waals surface area contributed by atoms with Gasteiger partial charge in [-0.2, -0.15) is 5.10 Å². The first-order chi connectivity index (χ1) is 9.76. The lowest BCUT2D eigenvalue weighted by molar-refractivity contribution is 0.666. The maximum Gasteiger partial charge on any atom is 0.0649 e. The first kappa shape index (κ1) is 15.3. The largest absolute Gasteiger partial charge is 0.313 e. The molecule has 1 aromatic heterocycles. The number of benzene rings is 1. The first-order valence-electron chi connectivity index (χ1n) is 7.28. The second kappa shape index (κ2) is 7.60. The number of halogens is 1. The Kier molecular flexibility index (Phi) is 5.80. The van der Waals surface area contributed by atoms with Crippen LogP contribution in [0.25, 0.3) is 5.69 Å². The summed E-state index contributed by atoms with van der Waals surface area (Å²) >= 11 is 3.47. The van der Waals surface area contributed by atoms with Crippen LogP contribution in [-0.4, -0.2) is 16.3 Å². The minimum absolute atomic E-state index is 0.902. The lowest BCUT2D eigenvalue weighted by Crippen LogP contribution is -2.15. The standard InChI is InChI=1S/C16H22BrN3/c1-3-5-16-13(11-18-10-4-2)12-19-20(16)15-8-6-14(17)7-9-15/h6-9,12,18H,3-5,10-11H2,1-2H3. The van der Waals surface area contributed by atoms with Gasteiger partial charge in [0, 0.05) is 22.3 Å². The van der Waals surface area contributed by atoms with Crippen LogP contribution in [0.5, 0.6) is 0 Å². The zero-order valence-corrected chi connectivity index (χ0v) is 13.8. The molecule has 0 fully saturated rings. The van der Waals surface area contributed by atoms with E-state index in [9.17, 15) is 0 Å². The summed E-state index contributed by atoms with van der Waals surface area (Å²) in [5.74, 6) is 0. The Morgan fingerprint density at radius 3 is 2.55 bits per heavy atom. The quantitative estimate of drug-likeness (QED) is 0.772. The maximum absolute atomic E-state index is 4.57. The van der Waals surface area contributed by atoms with E-state index in [1.807, 2.05) is 6.20 Å². The Morgan fingerprint density at radius 1 is 1.15 bits per heavy atom. The highest BCUT2D eigenvalue weighted by Gasteiger charge is 2.11. The fraction of sp³-hybridized carbons (Fsp3) is 0.438. The molecule has 3 nitrogen and oxygen atoms in total. The van der Waals surface area contributed by atoms with Crippen LogP contribution >= 0.6 is 15.9 Å². The molecule has 0 aliphatic rings. The maximum atomic E-state index is 4.57. The van der Waals surface area contributed by atoms with Crippen molar-refractivity contribution in [3.63, 3.8) is 0 Å². The molecule has 0 saturated carbocycles. The summed E-state index contributed by atoms with van der Waals surface area (Å²) in [6.07, 6.45) is 5.34. The van der Waals surface area contributed by atoms with Crippen LogP contribution in [0.2, 0.25) is 0 Å². The number of aromatic nitrogens is 2. The Hall–Kier alpha value is -1.13. The molecular weight excluding hydrogens is 314 g/mol. The van der Waals surface area contributed by atoms with Gasteiger partial charge in [-0.15, -0.1) is 0 Å². The monoisotopic (exact) mass is 335 g/mol. The number of rotatable bonds is 7. The lowest BCUT2D eigenvalue weighted by atomic mass is 10.1. The van der Waals surface area contributed by atoms with Gasteiger partial charge in [-0.05, 0) is 43.7 Å². The van der Waals surface area contributed by atoms with Gasteiger partial charge in [0.05, 0.1) is 11.9 Å². The molecule has 0 unspecified atom stereocenters. The van der Waals surface area contributed by atoms with E-state index in [2.05, 4.69) is 69.1 Å². The van der Waals surface area contributed by atoms with Crippen molar-refractivity contribution in [1.29, 1.82) is 0 Å². The normalized spacial score (nSPS) is 10.9. The van der Waals surface area contributed by atoms with E-state index in [0.717, 1.165) is 42.5 Å². The summed E-state index contributed by atoms with van der Waals surface area (Å²) < 4.78 is 3.16. The van der Waals surface area contributed by atoms with E-state index < -0.39 is 0 Å². The van der Waals surface area contributed by atoms with Crippen molar-refractivity contribution < 1.29 is 0 Å². The first-order valence-corrected chi connectivity index (χ1v) is 8.08. The molecule has 1 aromatic carbocycles. The molecule has 0 aliphatic heterocycles. The van der Waals surface area contributed by atoms with E-state index >= 15 is 0 Å². The van der Waals surface area contributed by atoms with Crippen molar-refractivity contribution in [2.75, 3.05) is 6.54 Å². The molecule has 108 valence electrons. The SMILES string of the molecule is CCCNCc1cnn(-c2ccc(Br)cc2)c1CCC. The van der Waals surface area contributed by atoms with Gasteiger partial charge in [0.25, 0.3) is 0 Å². The average molecular weight is 336 g/mol.